The highest BCUT2D eigenvalue weighted by atomic mass is 16.5. The molecule has 1 N–H and O–H groups in total. The van der Waals surface area contributed by atoms with E-state index in [0.29, 0.717) is 11.5 Å². The summed E-state index contributed by atoms with van der Waals surface area (Å²) < 4.78 is 0. The van der Waals surface area contributed by atoms with E-state index < -0.39 is 0 Å². The third kappa shape index (κ3) is 9.97. The van der Waals surface area contributed by atoms with Crippen molar-refractivity contribution in [1.29, 1.82) is 0 Å². The molecule has 0 bridgehead atoms. The molecule has 0 aliphatic rings. The minimum Gasteiger partial charge on any atom is -0.286 e. The molecule has 0 aromatic rings. The molecule has 1 amide bonds. The number of nitrogens with zero attached hydrogens (tertiary/aromatic N) is 1. The van der Waals surface area contributed by atoms with Crippen LogP contribution in [0.2, 0.25) is 0 Å². The van der Waals surface area contributed by atoms with Crippen LogP contribution in [0.3, 0.4) is 0 Å². The zero-order chi connectivity index (χ0) is 12.2. The van der Waals surface area contributed by atoms with Gasteiger partial charge in [-0.3, -0.25) is 10.0 Å². The average Bonchev–Trinajstić information content (AvgIpc) is 2.26. The van der Waals surface area contributed by atoms with Gasteiger partial charge in [0.25, 0.3) is 0 Å². The van der Waals surface area contributed by atoms with Gasteiger partial charge in [-0.1, -0.05) is 58.3 Å². The average molecular weight is 229 g/mol. The van der Waals surface area contributed by atoms with Crippen LogP contribution in [0.4, 0.5) is 0 Å². The molecule has 0 aliphatic carbocycles. The number of carbonyl (C=O) groups is 1. The Bertz CT molecular complexity index is 169. The van der Waals surface area contributed by atoms with E-state index in [1.807, 2.05) is 0 Å². The van der Waals surface area contributed by atoms with Crippen molar-refractivity contribution in [2.75, 3.05) is 7.05 Å². The van der Waals surface area contributed by atoms with E-state index in [2.05, 4.69) is 6.92 Å². The Labute approximate surface area is 99.8 Å². The second kappa shape index (κ2) is 10.9. The highest BCUT2D eigenvalue weighted by Gasteiger charge is 2.03. The maximum atomic E-state index is 11.0. The van der Waals surface area contributed by atoms with Gasteiger partial charge in [0.15, 0.2) is 0 Å². The van der Waals surface area contributed by atoms with E-state index in [-0.39, 0.29) is 5.91 Å². The number of rotatable bonds is 10. The molecule has 3 heteroatoms. The molecule has 0 fully saturated rings. The summed E-state index contributed by atoms with van der Waals surface area (Å²) in [6.45, 7) is 2.23. The molecule has 3 nitrogen and oxygen atoms in total. The lowest BCUT2D eigenvalue weighted by atomic mass is 10.1. The van der Waals surface area contributed by atoms with Gasteiger partial charge < -0.3 is 0 Å². The second-order valence-electron chi connectivity index (χ2n) is 4.50. The Morgan fingerprint density at radius 2 is 1.38 bits per heavy atom. The number of hydrogen-bond donors (Lipinski definition) is 1. The molecule has 0 saturated carbocycles. The van der Waals surface area contributed by atoms with Crippen LogP contribution in [-0.2, 0) is 4.79 Å². The minimum atomic E-state index is -0.178. The first-order chi connectivity index (χ1) is 7.68. The van der Waals surface area contributed by atoms with Crippen LogP contribution in [0.5, 0.6) is 0 Å². The first-order valence-electron chi connectivity index (χ1n) is 6.64. The van der Waals surface area contributed by atoms with E-state index in [0.717, 1.165) is 12.8 Å². The summed E-state index contributed by atoms with van der Waals surface area (Å²) in [6.07, 6.45) is 11.7. The summed E-state index contributed by atoms with van der Waals surface area (Å²) in [7, 11) is 1.38. The van der Waals surface area contributed by atoms with Gasteiger partial charge in [-0.15, -0.1) is 0 Å². The predicted octanol–water partition coefficient (Wildman–Crippen LogP) is 3.75. The van der Waals surface area contributed by atoms with Crippen LogP contribution in [0.1, 0.15) is 71.1 Å². The van der Waals surface area contributed by atoms with E-state index in [1.165, 1.54) is 52.0 Å². The zero-order valence-corrected chi connectivity index (χ0v) is 10.9. The summed E-state index contributed by atoms with van der Waals surface area (Å²) in [5.74, 6) is -0.178. The number of amides is 1. The lowest BCUT2D eigenvalue weighted by molar-refractivity contribution is -0.159. The van der Waals surface area contributed by atoms with Crippen LogP contribution in [-0.4, -0.2) is 23.2 Å². The molecule has 0 radical (unpaired) electrons. The molecule has 0 aliphatic heterocycles. The molecule has 0 heterocycles. The molecule has 0 unspecified atom stereocenters. The molecule has 0 rings (SSSR count). The lowest BCUT2D eigenvalue weighted by Gasteiger charge is -2.07. The Morgan fingerprint density at radius 1 is 0.938 bits per heavy atom. The van der Waals surface area contributed by atoms with Crippen molar-refractivity contribution >= 4 is 5.91 Å². The maximum absolute atomic E-state index is 11.0. The van der Waals surface area contributed by atoms with Gasteiger partial charge in [0, 0.05) is 13.5 Å². The minimum absolute atomic E-state index is 0.178. The van der Waals surface area contributed by atoms with E-state index >= 15 is 0 Å². The van der Waals surface area contributed by atoms with Crippen LogP contribution in [0, 0.1) is 0 Å². The van der Waals surface area contributed by atoms with Gasteiger partial charge in [-0.05, 0) is 6.42 Å². The quantitative estimate of drug-likeness (QED) is 0.352. The third-order valence-electron chi connectivity index (χ3n) is 2.86. The highest BCUT2D eigenvalue weighted by Crippen LogP contribution is 2.10. The highest BCUT2D eigenvalue weighted by molar-refractivity contribution is 5.74. The summed E-state index contributed by atoms with van der Waals surface area (Å²) in [5.41, 5.74) is 0. The van der Waals surface area contributed by atoms with Gasteiger partial charge in [-0.25, -0.2) is 5.06 Å². The third-order valence-corrected chi connectivity index (χ3v) is 2.86. The number of hydroxylamine groups is 2. The van der Waals surface area contributed by atoms with Crippen LogP contribution >= 0.6 is 0 Å². The first-order valence-corrected chi connectivity index (χ1v) is 6.64. The van der Waals surface area contributed by atoms with Crippen molar-refractivity contribution in [1.82, 2.24) is 5.06 Å². The Kier molecular flexibility index (Phi) is 10.5. The van der Waals surface area contributed by atoms with Crippen molar-refractivity contribution < 1.29 is 10.0 Å². The lowest BCUT2D eigenvalue weighted by Crippen LogP contribution is -2.21. The normalized spacial score (nSPS) is 10.4. The van der Waals surface area contributed by atoms with Gasteiger partial charge in [0.1, 0.15) is 0 Å². The summed E-state index contributed by atoms with van der Waals surface area (Å²) in [4.78, 5) is 11.0. The van der Waals surface area contributed by atoms with Gasteiger partial charge in [0.05, 0.1) is 0 Å². The summed E-state index contributed by atoms with van der Waals surface area (Å²) >= 11 is 0. The molecule has 0 aromatic heterocycles. The Balaban J connectivity index is 3.07. The molecule has 0 saturated heterocycles. The fraction of sp³-hybridized carbons (Fsp3) is 0.923. The second-order valence-corrected chi connectivity index (χ2v) is 4.50. The van der Waals surface area contributed by atoms with Crippen LogP contribution < -0.4 is 0 Å². The summed E-state index contributed by atoms with van der Waals surface area (Å²) in [5, 5.41) is 9.51. The topological polar surface area (TPSA) is 40.5 Å². The van der Waals surface area contributed by atoms with Crippen molar-refractivity contribution in [3.63, 3.8) is 0 Å². The van der Waals surface area contributed by atoms with Crippen molar-refractivity contribution in [2.45, 2.75) is 71.1 Å². The molecule has 0 spiro atoms. The number of carbonyl (C=O) groups excluding carboxylic acids is 1. The number of hydrogen-bond acceptors (Lipinski definition) is 2. The van der Waals surface area contributed by atoms with Gasteiger partial charge in [-0.2, -0.15) is 0 Å². The smallest absolute Gasteiger partial charge is 0.245 e. The zero-order valence-electron chi connectivity index (χ0n) is 10.9. The van der Waals surface area contributed by atoms with Gasteiger partial charge in [0.2, 0.25) is 5.91 Å². The first kappa shape index (κ1) is 15.4. The van der Waals surface area contributed by atoms with Crippen molar-refractivity contribution in [3.8, 4) is 0 Å². The van der Waals surface area contributed by atoms with E-state index in [1.54, 1.807) is 0 Å². The Morgan fingerprint density at radius 3 is 1.81 bits per heavy atom. The molecular formula is C13H27NO2. The summed E-state index contributed by atoms with van der Waals surface area (Å²) in [6, 6.07) is 0. The largest absolute Gasteiger partial charge is 0.286 e. The van der Waals surface area contributed by atoms with E-state index in [4.69, 9.17) is 5.21 Å². The predicted molar refractivity (Wildman–Crippen MR) is 66.4 cm³/mol. The molecule has 16 heavy (non-hydrogen) atoms. The SMILES string of the molecule is CCCCCCCCCCCC(=O)N(C)O. The monoisotopic (exact) mass is 229 g/mol. The van der Waals surface area contributed by atoms with Crippen LogP contribution in [0.15, 0.2) is 0 Å². The molecule has 0 atom stereocenters. The molecule has 96 valence electrons. The fourth-order valence-electron chi connectivity index (χ4n) is 1.75. The molecular weight excluding hydrogens is 202 g/mol. The van der Waals surface area contributed by atoms with Crippen LogP contribution in [0.25, 0.3) is 0 Å². The number of unbranched alkanes of at least 4 members (excludes halogenated alkanes) is 8. The van der Waals surface area contributed by atoms with Crippen molar-refractivity contribution in [3.05, 3.63) is 0 Å². The molecule has 0 aromatic carbocycles. The Hall–Kier alpha value is -0.570. The fourth-order valence-corrected chi connectivity index (χ4v) is 1.75. The van der Waals surface area contributed by atoms with E-state index in [9.17, 15) is 4.79 Å². The van der Waals surface area contributed by atoms with Gasteiger partial charge >= 0.3 is 0 Å². The van der Waals surface area contributed by atoms with Crippen molar-refractivity contribution in [2.24, 2.45) is 0 Å². The maximum Gasteiger partial charge on any atom is 0.245 e. The standard InChI is InChI=1S/C13H27NO2/c1-3-4-5-6-7-8-9-10-11-12-13(15)14(2)16/h16H,3-12H2,1-2H3.